The Hall–Kier alpha value is -1.87. The van der Waals surface area contributed by atoms with E-state index in [9.17, 15) is 9.18 Å². The third kappa shape index (κ3) is 2.68. The lowest BCUT2D eigenvalue weighted by Gasteiger charge is -2.10. The third-order valence-electron chi connectivity index (χ3n) is 2.41. The van der Waals surface area contributed by atoms with Gasteiger partial charge in [-0.2, -0.15) is 0 Å². The van der Waals surface area contributed by atoms with Gasteiger partial charge in [-0.25, -0.2) is 4.39 Å². The number of carbonyl (C=O) groups excluding carboxylic acids is 1. The molecule has 0 aliphatic carbocycles. The van der Waals surface area contributed by atoms with E-state index < -0.39 is 5.82 Å². The van der Waals surface area contributed by atoms with Crippen molar-refractivity contribution in [2.45, 2.75) is 6.92 Å². The van der Waals surface area contributed by atoms with Crippen molar-refractivity contribution in [2.24, 2.45) is 0 Å². The first-order chi connectivity index (χ1) is 8.60. The fourth-order valence-electron chi connectivity index (χ4n) is 1.51. The van der Waals surface area contributed by atoms with Crippen molar-refractivity contribution in [1.82, 2.24) is 0 Å². The predicted molar refractivity (Wildman–Crippen MR) is 68.1 cm³/mol. The topological polar surface area (TPSA) is 26.3 Å². The Morgan fingerprint density at radius 2 is 1.94 bits per heavy atom. The van der Waals surface area contributed by atoms with Crippen LogP contribution in [0.25, 0.3) is 0 Å². The lowest BCUT2D eigenvalue weighted by Crippen LogP contribution is -1.92. The molecule has 0 unspecified atom stereocenters. The number of aldehydes is 1. The Morgan fingerprint density at radius 1 is 1.17 bits per heavy atom. The fraction of sp³-hybridized carbons (Fsp3) is 0.0714. The molecule has 0 atom stereocenters. The van der Waals surface area contributed by atoms with E-state index in [-0.39, 0.29) is 11.3 Å². The van der Waals surface area contributed by atoms with Gasteiger partial charge in [0.1, 0.15) is 17.3 Å². The van der Waals surface area contributed by atoms with Gasteiger partial charge in [-0.1, -0.05) is 17.7 Å². The Morgan fingerprint density at radius 3 is 2.67 bits per heavy atom. The minimum Gasteiger partial charge on any atom is -0.455 e. The van der Waals surface area contributed by atoms with Gasteiger partial charge in [0.05, 0.1) is 10.6 Å². The molecule has 0 aromatic heterocycles. The number of hydrogen-bond donors (Lipinski definition) is 0. The number of benzene rings is 2. The van der Waals surface area contributed by atoms with E-state index in [0.717, 1.165) is 11.6 Å². The van der Waals surface area contributed by atoms with Gasteiger partial charge in [-0.05, 0) is 42.8 Å². The van der Waals surface area contributed by atoms with Crippen molar-refractivity contribution in [3.63, 3.8) is 0 Å². The summed E-state index contributed by atoms with van der Waals surface area (Å²) < 4.78 is 18.5. The molecule has 0 radical (unpaired) electrons. The second-order valence-corrected chi connectivity index (χ2v) is 4.24. The molecule has 0 saturated heterocycles. The zero-order valence-corrected chi connectivity index (χ0v) is 10.4. The van der Waals surface area contributed by atoms with Gasteiger partial charge in [-0.3, -0.25) is 4.79 Å². The van der Waals surface area contributed by atoms with E-state index >= 15 is 0 Å². The van der Waals surface area contributed by atoms with Crippen LogP contribution in [-0.2, 0) is 0 Å². The van der Waals surface area contributed by atoms with Crippen molar-refractivity contribution in [2.75, 3.05) is 0 Å². The Balaban J connectivity index is 2.39. The zero-order chi connectivity index (χ0) is 13.1. The molecule has 0 N–H and O–H groups in total. The van der Waals surface area contributed by atoms with Crippen LogP contribution in [0.2, 0.25) is 5.02 Å². The SMILES string of the molecule is Cc1ccc(Cl)c(Oc2ccc(F)cc2C=O)c1. The maximum absolute atomic E-state index is 13.0. The molecular formula is C14H10ClFO2. The summed E-state index contributed by atoms with van der Waals surface area (Å²) in [5.74, 6) is 0.227. The van der Waals surface area contributed by atoms with E-state index in [4.69, 9.17) is 16.3 Å². The maximum Gasteiger partial charge on any atom is 0.153 e. The smallest absolute Gasteiger partial charge is 0.153 e. The number of rotatable bonds is 3. The Labute approximate surface area is 109 Å². The number of hydrogen-bond acceptors (Lipinski definition) is 2. The minimum absolute atomic E-state index is 0.146. The quantitative estimate of drug-likeness (QED) is 0.769. The van der Waals surface area contributed by atoms with Gasteiger partial charge >= 0.3 is 0 Å². The van der Waals surface area contributed by atoms with E-state index in [0.29, 0.717) is 17.1 Å². The van der Waals surface area contributed by atoms with Gasteiger partial charge in [0.15, 0.2) is 6.29 Å². The predicted octanol–water partition coefficient (Wildman–Crippen LogP) is 4.39. The molecule has 2 aromatic carbocycles. The largest absolute Gasteiger partial charge is 0.455 e. The highest BCUT2D eigenvalue weighted by Crippen LogP contribution is 2.31. The second kappa shape index (κ2) is 5.19. The number of carbonyl (C=O) groups is 1. The molecule has 0 aliphatic rings. The van der Waals surface area contributed by atoms with Gasteiger partial charge in [0.25, 0.3) is 0 Å². The molecule has 92 valence electrons. The molecule has 0 fully saturated rings. The van der Waals surface area contributed by atoms with Crippen molar-refractivity contribution < 1.29 is 13.9 Å². The minimum atomic E-state index is -0.486. The summed E-state index contributed by atoms with van der Waals surface area (Å²) in [6, 6.07) is 9.05. The van der Waals surface area contributed by atoms with E-state index in [1.54, 1.807) is 12.1 Å². The first kappa shape index (κ1) is 12.6. The van der Waals surface area contributed by atoms with Gasteiger partial charge in [-0.15, -0.1) is 0 Å². The average molecular weight is 265 g/mol. The molecular weight excluding hydrogens is 255 g/mol. The van der Waals surface area contributed by atoms with Crippen LogP contribution in [0.15, 0.2) is 36.4 Å². The molecule has 2 aromatic rings. The van der Waals surface area contributed by atoms with Gasteiger partial charge in [0.2, 0.25) is 0 Å². The molecule has 0 bridgehead atoms. The molecule has 0 saturated carbocycles. The van der Waals surface area contributed by atoms with Crippen LogP contribution in [0.1, 0.15) is 15.9 Å². The number of aryl methyl sites for hydroxylation is 1. The van der Waals surface area contributed by atoms with Gasteiger partial charge < -0.3 is 4.74 Å². The average Bonchev–Trinajstić information content (AvgIpc) is 2.36. The molecule has 0 spiro atoms. The molecule has 0 heterocycles. The van der Waals surface area contributed by atoms with Crippen molar-refractivity contribution in [3.05, 3.63) is 58.4 Å². The standard InChI is InChI=1S/C14H10ClFO2/c1-9-2-4-12(15)14(6-9)18-13-5-3-11(16)7-10(13)8-17/h2-8H,1H3. The highest BCUT2D eigenvalue weighted by Gasteiger charge is 2.08. The van der Waals surface area contributed by atoms with Crippen LogP contribution in [-0.4, -0.2) is 6.29 Å². The van der Waals surface area contributed by atoms with E-state index in [1.807, 2.05) is 13.0 Å². The van der Waals surface area contributed by atoms with Crippen LogP contribution in [0.3, 0.4) is 0 Å². The second-order valence-electron chi connectivity index (χ2n) is 3.84. The molecule has 18 heavy (non-hydrogen) atoms. The fourth-order valence-corrected chi connectivity index (χ4v) is 1.67. The summed E-state index contributed by atoms with van der Waals surface area (Å²) in [5.41, 5.74) is 1.12. The first-order valence-corrected chi connectivity index (χ1v) is 5.66. The third-order valence-corrected chi connectivity index (χ3v) is 2.72. The molecule has 4 heteroatoms. The molecule has 2 rings (SSSR count). The lowest BCUT2D eigenvalue weighted by molar-refractivity contribution is 0.112. The Kier molecular flexibility index (Phi) is 3.63. The van der Waals surface area contributed by atoms with Crippen LogP contribution < -0.4 is 4.74 Å². The number of halogens is 2. The van der Waals surface area contributed by atoms with Crippen molar-refractivity contribution in [3.8, 4) is 11.5 Å². The highest BCUT2D eigenvalue weighted by molar-refractivity contribution is 6.32. The molecule has 2 nitrogen and oxygen atoms in total. The molecule has 0 aliphatic heterocycles. The Bertz CT molecular complexity index is 596. The first-order valence-electron chi connectivity index (χ1n) is 5.29. The molecule has 0 amide bonds. The van der Waals surface area contributed by atoms with Crippen LogP contribution in [0.4, 0.5) is 4.39 Å². The van der Waals surface area contributed by atoms with Crippen LogP contribution in [0.5, 0.6) is 11.5 Å². The summed E-state index contributed by atoms with van der Waals surface area (Å²) in [4.78, 5) is 10.8. The summed E-state index contributed by atoms with van der Waals surface area (Å²) in [6.45, 7) is 1.90. The highest BCUT2D eigenvalue weighted by atomic mass is 35.5. The maximum atomic E-state index is 13.0. The normalized spacial score (nSPS) is 10.2. The summed E-state index contributed by atoms with van der Waals surface area (Å²) in [7, 11) is 0. The zero-order valence-electron chi connectivity index (χ0n) is 9.61. The summed E-state index contributed by atoms with van der Waals surface area (Å²) >= 11 is 5.99. The monoisotopic (exact) mass is 264 g/mol. The summed E-state index contributed by atoms with van der Waals surface area (Å²) in [6.07, 6.45) is 0.544. The lowest BCUT2D eigenvalue weighted by atomic mass is 10.2. The van der Waals surface area contributed by atoms with Crippen LogP contribution >= 0.6 is 11.6 Å². The van der Waals surface area contributed by atoms with Crippen molar-refractivity contribution >= 4 is 17.9 Å². The number of ether oxygens (including phenoxy) is 1. The summed E-state index contributed by atoms with van der Waals surface area (Å²) in [5, 5.41) is 0.432. The van der Waals surface area contributed by atoms with Gasteiger partial charge in [0, 0.05) is 0 Å². The van der Waals surface area contributed by atoms with Crippen molar-refractivity contribution in [1.29, 1.82) is 0 Å². The van der Waals surface area contributed by atoms with Crippen LogP contribution in [0, 0.1) is 12.7 Å². The van der Waals surface area contributed by atoms with E-state index in [1.165, 1.54) is 12.1 Å². The van der Waals surface area contributed by atoms with E-state index in [2.05, 4.69) is 0 Å².